The highest BCUT2D eigenvalue weighted by Crippen LogP contribution is 2.19. The number of methoxy groups -OCH3 is 1. The Kier molecular flexibility index (Phi) is 5.98. The SMILES string of the molecule is COC(=O)CCN(C)C(=O)Nc1cc(Cl)cc(C(=O)O)c1. The Morgan fingerprint density at radius 2 is 2.00 bits per heavy atom. The number of amides is 2. The number of halogens is 1. The number of ether oxygens (including phenoxy) is 1. The molecule has 0 radical (unpaired) electrons. The van der Waals surface area contributed by atoms with Gasteiger partial charge in [-0.2, -0.15) is 0 Å². The van der Waals surface area contributed by atoms with Crippen LogP contribution in [0.25, 0.3) is 0 Å². The van der Waals surface area contributed by atoms with Crippen molar-refractivity contribution in [1.82, 2.24) is 4.90 Å². The van der Waals surface area contributed by atoms with Crippen LogP contribution >= 0.6 is 11.6 Å². The summed E-state index contributed by atoms with van der Waals surface area (Å²) in [6, 6.07) is 3.51. The molecule has 7 nitrogen and oxygen atoms in total. The number of nitrogens with one attached hydrogen (secondary N) is 1. The van der Waals surface area contributed by atoms with Crippen LogP contribution in [0.3, 0.4) is 0 Å². The second-order valence-corrected chi connectivity index (χ2v) is 4.65. The van der Waals surface area contributed by atoms with E-state index >= 15 is 0 Å². The number of anilines is 1. The molecule has 0 bridgehead atoms. The van der Waals surface area contributed by atoms with Crippen molar-refractivity contribution in [3.63, 3.8) is 0 Å². The molecule has 114 valence electrons. The number of hydrogen-bond donors (Lipinski definition) is 2. The van der Waals surface area contributed by atoms with E-state index in [4.69, 9.17) is 16.7 Å². The molecule has 1 rings (SSSR count). The maximum Gasteiger partial charge on any atom is 0.335 e. The van der Waals surface area contributed by atoms with Crippen molar-refractivity contribution < 1.29 is 24.2 Å². The van der Waals surface area contributed by atoms with Crippen LogP contribution in [-0.2, 0) is 9.53 Å². The molecule has 0 aliphatic carbocycles. The van der Waals surface area contributed by atoms with Crippen LogP contribution in [0.5, 0.6) is 0 Å². The molecule has 1 aromatic carbocycles. The quantitative estimate of drug-likeness (QED) is 0.811. The average Bonchev–Trinajstić information content (AvgIpc) is 2.43. The van der Waals surface area contributed by atoms with E-state index < -0.39 is 18.0 Å². The van der Waals surface area contributed by atoms with Crippen molar-refractivity contribution in [3.8, 4) is 0 Å². The van der Waals surface area contributed by atoms with E-state index in [9.17, 15) is 14.4 Å². The standard InChI is InChI=1S/C13H15ClN2O5/c1-16(4-3-11(17)21-2)13(20)15-10-6-8(12(18)19)5-9(14)7-10/h5-7H,3-4H2,1-2H3,(H,15,20)(H,18,19). The van der Waals surface area contributed by atoms with Gasteiger partial charge in [0.05, 0.1) is 19.1 Å². The van der Waals surface area contributed by atoms with Gasteiger partial charge in [0.15, 0.2) is 0 Å². The first kappa shape index (κ1) is 16.8. The van der Waals surface area contributed by atoms with E-state index in [2.05, 4.69) is 10.1 Å². The predicted octanol–water partition coefficient (Wildman–Crippen LogP) is 2.06. The van der Waals surface area contributed by atoms with Crippen LogP contribution in [0.4, 0.5) is 10.5 Å². The van der Waals surface area contributed by atoms with Crippen LogP contribution in [0.15, 0.2) is 18.2 Å². The number of carbonyl (C=O) groups is 3. The predicted molar refractivity (Wildman–Crippen MR) is 76.7 cm³/mol. The lowest BCUT2D eigenvalue weighted by Crippen LogP contribution is -2.33. The summed E-state index contributed by atoms with van der Waals surface area (Å²) in [7, 11) is 2.77. The molecule has 0 spiro atoms. The first-order valence-corrected chi connectivity index (χ1v) is 6.34. The topological polar surface area (TPSA) is 95.9 Å². The number of nitrogens with zero attached hydrogens (tertiary/aromatic N) is 1. The van der Waals surface area contributed by atoms with Crippen LogP contribution in [0, 0.1) is 0 Å². The van der Waals surface area contributed by atoms with Gasteiger partial charge >= 0.3 is 18.0 Å². The molecule has 1 aromatic rings. The molecule has 0 aromatic heterocycles. The van der Waals surface area contributed by atoms with Gasteiger partial charge in [-0.3, -0.25) is 4.79 Å². The summed E-state index contributed by atoms with van der Waals surface area (Å²) in [5.74, 6) is -1.57. The second-order valence-electron chi connectivity index (χ2n) is 4.21. The van der Waals surface area contributed by atoms with Crippen LogP contribution in [0.2, 0.25) is 5.02 Å². The minimum atomic E-state index is -1.15. The van der Waals surface area contributed by atoms with Crippen LogP contribution in [-0.4, -0.2) is 48.7 Å². The van der Waals surface area contributed by atoms with Gasteiger partial charge in [0.25, 0.3) is 0 Å². The highest BCUT2D eigenvalue weighted by molar-refractivity contribution is 6.31. The molecule has 0 aliphatic heterocycles. The Morgan fingerprint density at radius 3 is 2.57 bits per heavy atom. The van der Waals surface area contributed by atoms with Gasteiger partial charge in [0.1, 0.15) is 0 Å². The molecule has 0 aliphatic rings. The summed E-state index contributed by atoms with van der Waals surface area (Å²) >= 11 is 5.79. The van der Waals surface area contributed by atoms with Crippen molar-refractivity contribution in [3.05, 3.63) is 28.8 Å². The number of urea groups is 1. The van der Waals surface area contributed by atoms with Gasteiger partial charge in [-0.1, -0.05) is 11.6 Å². The largest absolute Gasteiger partial charge is 0.478 e. The monoisotopic (exact) mass is 314 g/mol. The molecular weight excluding hydrogens is 300 g/mol. The Labute approximate surface area is 126 Å². The van der Waals surface area contributed by atoms with Crippen LogP contribution < -0.4 is 5.32 Å². The Morgan fingerprint density at radius 1 is 1.33 bits per heavy atom. The molecule has 0 saturated carbocycles. The van der Waals surface area contributed by atoms with E-state index in [1.807, 2.05) is 0 Å². The average molecular weight is 315 g/mol. The van der Waals surface area contributed by atoms with Gasteiger partial charge in [0, 0.05) is 24.3 Å². The third-order valence-electron chi connectivity index (χ3n) is 2.62. The summed E-state index contributed by atoms with van der Waals surface area (Å²) < 4.78 is 4.48. The number of carboxylic acids is 1. The smallest absolute Gasteiger partial charge is 0.335 e. The van der Waals surface area contributed by atoms with Gasteiger partial charge < -0.3 is 20.1 Å². The Bertz CT molecular complexity index is 561. The first-order chi connectivity index (χ1) is 9.83. The van der Waals surface area contributed by atoms with E-state index in [-0.39, 0.29) is 29.2 Å². The van der Waals surface area contributed by atoms with Gasteiger partial charge in [-0.15, -0.1) is 0 Å². The number of carboxylic acid groups (broad SMARTS) is 1. The number of rotatable bonds is 5. The maximum absolute atomic E-state index is 11.9. The molecular formula is C13H15ClN2O5. The fraction of sp³-hybridized carbons (Fsp3) is 0.308. The number of benzene rings is 1. The van der Waals surface area contributed by atoms with Gasteiger partial charge in [-0.05, 0) is 18.2 Å². The van der Waals surface area contributed by atoms with E-state index in [0.717, 1.165) is 0 Å². The molecule has 21 heavy (non-hydrogen) atoms. The molecule has 0 atom stereocenters. The molecule has 0 fully saturated rings. The highest BCUT2D eigenvalue weighted by Gasteiger charge is 2.13. The fourth-order valence-corrected chi connectivity index (χ4v) is 1.70. The zero-order valence-electron chi connectivity index (χ0n) is 11.6. The first-order valence-electron chi connectivity index (χ1n) is 5.96. The zero-order valence-corrected chi connectivity index (χ0v) is 12.3. The lowest BCUT2D eigenvalue weighted by Gasteiger charge is -2.17. The molecule has 0 saturated heterocycles. The maximum atomic E-state index is 11.9. The summed E-state index contributed by atoms with van der Waals surface area (Å²) in [5, 5.41) is 11.6. The van der Waals surface area contributed by atoms with Crippen molar-refractivity contribution in [2.45, 2.75) is 6.42 Å². The molecule has 0 heterocycles. The molecule has 0 unspecified atom stereocenters. The molecule has 2 N–H and O–H groups in total. The highest BCUT2D eigenvalue weighted by atomic mass is 35.5. The third kappa shape index (κ3) is 5.31. The molecule has 2 amide bonds. The summed E-state index contributed by atoms with van der Waals surface area (Å²) in [6.07, 6.45) is 0.0658. The summed E-state index contributed by atoms with van der Waals surface area (Å²) in [5.41, 5.74) is 0.227. The van der Waals surface area contributed by atoms with Crippen LogP contribution in [0.1, 0.15) is 16.8 Å². The van der Waals surface area contributed by atoms with Crippen molar-refractivity contribution >= 4 is 35.3 Å². The van der Waals surface area contributed by atoms with Gasteiger partial charge in [0.2, 0.25) is 0 Å². The van der Waals surface area contributed by atoms with Crippen molar-refractivity contribution in [1.29, 1.82) is 0 Å². The summed E-state index contributed by atoms with van der Waals surface area (Å²) in [6.45, 7) is 0.171. The lowest BCUT2D eigenvalue weighted by atomic mass is 10.2. The Hall–Kier alpha value is -2.28. The molecule has 8 heteroatoms. The fourth-order valence-electron chi connectivity index (χ4n) is 1.47. The van der Waals surface area contributed by atoms with Gasteiger partial charge in [-0.25, -0.2) is 9.59 Å². The van der Waals surface area contributed by atoms with Crippen molar-refractivity contribution in [2.24, 2.45) is 0 Å². The second kappa shape index (κ2) is 7.49. The third-order valence-corrected chi connectivity index (χ3v) is 2.84. The minimum absolute atomic E-state index is 0.0324. The zero-order chi connectivity index (χ0) is 16.0. The van der Waals surface area contributed by atoms with E-state index in [1.54, 1.807) is 0 Å². The number of hydrogen-bond acceptors (Lipinski definition) is 4. The lowest BCUT2D eigenvalue weighted by molar-refractivity contribution is -0.140. The van der Waals surface area contributed by atoms with Crippen molar-refractivity contribution in [2.75, 3.05) is 26.0 Å². The van der Waals surface area contributed by atoms with E-state index in [0.29, 0.717) is 0 Å². The summed E-state index contributed by atoms with van der Waals surface area (Å²) in [4.78, 5) is 35.1. The Balaban J connectivity index is 2.70. The number of aromatic carboxylic acids is 1. The van der Waals surface area contributed by atoms with E-state index in [1.165, 1.54) is 37.3 Å². The minimum Gasteiger partial charge on any atom is -0.478 e. The number of esters is 1. The number of carbonyl (C=O) groups excluding carboxylic acids is 2. The normalized spacial score (nSPS) is 9.86.